The van der Waals surface area contributed by atoms with E-state index in [0.717, 1.165) is 19.4 Å². The highest BCUT2D eigenvalue weighted by atomic mass is 16.5. The van der Waals surface area contributed by atoms with E-state index in [1.807, 2.05) is 13.8 Å². The predicted octanol–water partition coefficient (Wildman–Crippen LogP) is 0.494. The molecule has 1 saturated carbocycles. The Morgan fingerprint density at radius 2 is 2.36 bits per heavy atom. The third kappa shape index (κ3) is 2.48. The van der Waals surface area contributed by atoms with Gasteiger partial charge in [0.2, 0.25) is 0 Å². The molecule has 0 radical (unpaired) electrons. The molecule has 3 nitrogen and oxygen atoms in total. The van der Waals surface area contributed by atoms with Crippen LogP contribution in [0, 0.1) is 12.3 Å². The number of ether oxygens (including phenoxy) is 1. The van der Waals surface area contributed by atoms with E-state index in [4.69, 9.17) is 16.9 Å². The predicted molar refractivity (Wildman–Crippen MR) is 57.9 cm³/mol. The molecule has 0 saturated heterocycles. The van der Waals surface area contributed by atoms with Crippen LogP contribution in [0.5, 0.6) is 0 Å². The molecule has 1 rings (SSSR count). The van der Waals surface area contributed by atoms with Gasteiger partial charge >= 0.3 is 0 Å². The van der Waals surface area contributed by atoms with Gasteiger partial charge in [0, 0.05) is 18.7 Å². The summed E-state index contributed by atoms with van der Waals surface area (Å²) in [7, 11) is 0. The summed E-state index contributed by atoms with van der Waals surface area (Å²) in [6.45, 7) is 5.39. The van der Waals surface area contributed by atoms with E-state index in [1.54, 1.807) is 0 Å². The van der Waals surface area contributed by atoms with Crippen LogP contribution in [0.15, 0.2) is 0 Å². The van der Waals surface area contributed by atoms with E-state index in [0.29, 0.717) is 12.6 Å². The molecule has 0 spiro atoms. The molecule has 14 heavy (non-hydrogen) atoms. The molecule has 0 bridgehead atoms. The van der Waals surface area contributed by atoms with Crippen molar-refractivity contribution in [2.45, 2.75) is 44.4 Å². The summed E-state index contributed by atoms with van der Waals surface area (Å²) in [5.41, 5.74) is 5.76. The Labute approximate surface area is 86.4 Å². The standard InChI is InChI=1S/C11H20N2O/c1-4-9(3)13-11(8-12)6-10(7-11)14-5-2/h1,9-10,13H,5-8,12H2,2-3H3. The average molecular weight is 196 g/mol. The highest BCUT2D eigenvalue weighted by Gasteiger charge is 2.44. The van der Waals surface area contributed by atoms with E-state index in [9.17, 15) is 0 Å². The Morgan fingerprint density at radius 3 is 2.79 bits per heavy atom. The zero-order valence-electron chi connectivity index (χ0n) is 9.05. The van der Waals surface area contributed by atoms with E-state index in [1.165, 1.54) is 0 Å². The van der Waals surface area contributed by atoms with Crippen LogP contribution in [0.1, 0.15) is 26.7 Å². The highest BCUT2D eigenvalue weighted by molar-refractivity contribution is 5.08. The van der Waals surface area contributed by atoms with Crippen molar-refractivity contribution >= 4 is 0 Å². The lowest BCUT2D eigenvalue weighted by molar-refractivity contribution is -0.0488. The van der Waals surface area contributed by atoms with Crippen LogP contribution in [-0.4, -0.2) is 30.8 Å². The van der Waals surface area contributed by atoms with Crippen molar-refractivity contribution in [3.8, 4) is 12.3 Å². The number of terminal acetylenes is 1. The molecule has 80 valence electrons. The first-order valence-electron chi connectivity index (χ1n) is 5.21. The summed E-state index contributed by atoms with van der Waals surface area (Å²) in [5, 5.41) is 3.38. The molecular formula is C11H20N2O. The fraction of sp³-hybridized carbons (Fsp3) is 0.818. The van der Waals surface area contributed by atoms with Gasteiger partial charge in [-0.1, -0.05) is 5.92 Å². The lowest BCUT2D eigenvalue weighted by Gasteiger charge is -2.48. The van der Waals surface area contributed by atoms with Crippen LogP contribution in [0.4, 0.5) is 0 Å². The first kappa shape index (κ1) is 11.5. The Kier molecular flexibility index (Phi) is 3.94. The van der Waals surface area contributed by atoms with Crippen molar-refractivity contribution in [3.05, 3.63) is 0 Å². The summed E-state index contributed by atoms with van der Waals surface area (Å²) in [6.07, 6.45) is 7.63. The number of rotatable bonds is 5. The maximum absolute atomic E-state index is 5.74. The van der Waals surface area contributed by atoms with Gasteiger partial charge in [-0.05, 0) is 26.7 Å². The molecule has 1 atom stereocenters. The molecule has 3 N–H and O–H groups in total. The second kappa shape index (κ2) is 4.79. The Bertz CT molecular complexity index is 216. The van der Waals surface area contributed by atoms with Gasteiger partial charge in [-0.15, -0.1) is 6.42 Å². The second-order valence-electron chi connectivity index (χ2n) is 4.00. The van der Waals surface area contributed by atoms with Gasteiger partial charge in [0.25, 0.3) is 0 Å². The Morgan fingerprint density at radius 1 is 1.71 bits per heavy atom. The molecule has 1 unspecified atom stereocenters. The van der Waals surface area contributed by atoms with Crippen LogP contribution < -0.4 is 11.1 Å². The molecule has 1 aliphatic carbocycles. The molecule has 0 aromatic heterocycles. The van der Waals surface area contributed by atoms with Crippen LogP contribution in [0.3, 0.4) is 0 Å². The smallest absolute Gasteiger partial charge is 0.0663 e. The van der Waals surface area contributed by atoms with Crippen LogP contribution >= 0.6 is 0 Å². The minimum atomic E-state index is 0.0195. The zero-order chi connectivity index (χ0) is 10.6. The van der Waals surface area contributed by atoms with Crippen molar-refractivity contribution in [2.24, 2.45) is 5.73 Å². The van der Waals surface area contributed by atoms with Gasteiger partial charge < -0.3 is 10.5 Å². The number of nitrogens with two attached hydrogens (primary N) is 1. The molecule has 1 aliphatic rings. The first-order chi connectivity index (χ1) is 6.65. The van der Waals surface area contributed by atoms with E-state index < -0.39 is 0 Å². The quantitative estimate of drug-likeness (QED) is 0.629. The zero-order valence-corrected chi connectivity index (χ0v) is 9.05. The normalized spacial score (nSPS) is 33.1. The minimum Gasteiger partial charge on any atom is -0.378 e. The van der Waals surface area contributed by atoms with Gasteiger partial charge in [0.05, 0.1) is 12.1 Å². The van der Waals surface area contributed by atoms with Crippen LogP contribution in [0.2, 0.25) is 0 Å². The second-order valence-corrected chi connectivity index (χ2v) is 4.00. The fourth-order valence-corrected chi connectivity index (χ4v) is 2.01. The third-order valence-corrected chi connectivity index (χ3v) is 2.80. The summed E-state index contributed by atoms with van der Waals surface area (Å²) < 4.78 is 5.50. The van der Waals surface area contributed by atoms with Gasteiger partial charge in [0.1, 0.15) is 0 Å². The van der Waals surface area contributed by atoms with Crippen molar-refractivity contribution < 1.29 is 4.74 Å². The van der Waals surface area contributed by atoms with E-state index in [-0.39, 0.29) is 11.6 Å². The molecule has 0 heterocycles. The van der Waals surface area contributed by atoms with Crippen molar-refractivity contribution in [1.82, 2.24) is 5.32 Å². The lowest BCUT2D eigenvalue weighted by Crippen LogP contribution is -2.64. The topological polar surface area (TPSA) is 47.3 Å². The third-order valence-electron chi connectivity index (χ3n) is 2.80. The first-order valence-corrected chi connectivity index (χ1v) is 5.21. The minimum absolute atomic E-state index is 0.0195. The molecule has 0 aromatic rings. The largest absolute Gasteiger partial charge is 0.378 e. The SMILES string of the molecule is C#CC(C)NC1(CN)CC(OCC)C1. The highest BCUT2D eigenvalue weighted by Crippen LogP contribution is 2.34. The fourth-order valence-electron chi connectivity index (χ4n) is 2.01. The monoisotopic (exact) mass is 196 g/mol. The van der Waals surface area contributed by atoms with E-state index in [2.05, 4.69) is 11.2 Å². The number of hydrogen-bond acceptors (Lipinski definition) is 3. The maximum Gasteiger partial charge on any atom is 0.0663 e. The van der Waals surface area contributed by atoms with Crippen molar-refractivity contribution in [1.29, 1.82) is 0 Å². The lowest BCUT2D eigenvalue weighted by atomic mass is 9.73. The van der Waals surface area contributed by atoms with Gasteiger partial charge in [-0.2, -0.15) is 0 Å². The van der Waals surface area contributed by atoms with Crippen molar-refractivity contribution in [3.63, 3.8) is 0 Å². The number of hydrogen-bond donors (Lipinski definition) is 2. The Hall–Kier alpha value is -0.560. The van der Waals surface area contributed by atoms with Gasteiger partial charge in [-0.3, -0.25) is 5.32 Å². The molecule has 1 fully saturated rings. The van der Waals surface area contributed by atoms with Crippen LogP contribution in [-0.2, 0) is 4.74 Å². The summed E-state index contributed by atoms with van der Waals surface area (Å²) in [5.74, 6) is 2.66. The van der Waals surface area contributed by atoms with Crippen LogP contribution in [0.25, 0.3) is 0 Å². The van der Waals surface area contributed by atoms with Crippen molar-refractivity contribution in [2.75, 3.05) is 13.2 Å². The van der Waals surface area contributed by atoms with E-state index >= 15 is 0 Å². The maximum atomic E-state index is 5.74. The Balaban J connectivity index is 2.37. The molecule has 0 aliphatic heterocycles. The number of nitrogens with one attached hydrogen (secondary N) is 1. The molecule has 0 amide bonds. The van der Waals surface area contributed by atoms with Gasteiger partial charge in [-0.25, -0.2) is 0 Å². The molecule has 0 aromatic carbocycles. The summed E-state index contributed by atoms with van der Waals surface area (Å²) >= 11 is 0. The van der Waals surface area contributed by atoms with Gasteiger partial charge in [0.15, 0.2) is 0 Å². The summed E-state index contributed by atoms with van der Waals surface area (Å²) in [6, 6.07) is 0.0844. The average Bonchev–Trinajstić information content (AvgIpc) is 2.14. The molecular weight excluding hydrogens is 176 g/mol. The molecule has 3 heteroatoms. The summed E-state index contributed by atoms with van der Waals surface area (Å²) in [4.78, 5) is 0.